The number of halogens is 1. The summed E-state index contributed by atoms with van der Waals surface area (Å²) in [5, 5.41) is 2.02. The van der Waals surface area contributed by atoms with Gasteiger partial charge in [0.05, 0.1) is 10.4 Å². The first-order chi connectivity index (χ1) is 17.6. The number of carbonyl (C=O) groups is 2. The van der Waals surface area contributed by atoms with Gasteiger partial charge in [0, 0.05) is 54.4 Å². The molecule has 2 saturated heterocycles. The Morgan fingerprint density at radius 2 is 1.59 bits per heavy atom. The quantitative estimate of drug-likeness (QED) is 0.442. The van der Waals surface area contributed by atoms with Crippen LogP contribution >= 0.6 is 15.9 Å². The van der Waals surface area contributed by atoms with E-state index in [1.807, 2.05) is 24.3 Å². The molecule has 2 atom stereocenters. The van der Waals surface area contributed by atoms with Crippen molar-refractivity contribution in [1.29, 1.82) is 0 Å². The van der Waals surface area contributed by atoms with Crippen molar-refractivity contribution < 1.29 is 18.0 Å². The molecule has 11 heteroatoms. The summed E-state index contributed by atoms with van der Waals surface area (Å²) in [5.41, 5.74) is 4.63. The minimum atomic E-state index is -3.53. The van der Waals surface area contributed by atoms with Gasteiger partial charge in [-0.3, -0.25) is 19.9 Å². The van der Waals surface area contributed by atoms with Gasteiger partial charge in [0.2, 0.25) is 10.0 Å². The van der Waals surface area contributed by atoms with Gasteiger partial charge >= 0.3 is 0 Å². The number of anilines is 1. The van der Waals surface area contributed by atoms with Crippen molar-refractivity contribution >= 4 is 54.5 Å². The molecule has 5 rings (SSSR count). The van der Waals surface area contributed by atoms with E-state index in [0.717, 1.165) is 25.9 Å². The number of hydrogen-bond donors (Lipinski definition) is 1. The number of nitrogens with one attached hydrogen (secondary N) is 1. The van der Waals surface area contributed by atoms with Gasteiger partial charge in [-0.2, -0.15) is 9.31 Å². The van der Waals surface area contributed by atoms with E-state index < -0.39 is 21.9 Å². The number of hydrazine groups is 1. The lowest BCUT2D eigenvalue weighted by atomic mass is 10.00. The molecule has 2 aliphatic rings. The predicted molar refractivity (Wildman–Crippen MR) is 144 cm³/mol. The third-order valence-corrected chi connectivity index (χ3v) is 9.57. The second-order valence-electron chi connectivity index (χ2n) is 9.52. The SMILES string of the molecule is CC1C(=O)N(Nc2cc(CN3CCN(S(=O)(=O)c4ccccc4)CC3)c3ccc(Br)cc3n2)C(=O)C1C. The van der Waals surface area contributed by atoms with Gasteiger partial charge in [-0.1, -0.05) is 54.0 Å². The fraction of sp³-hybridized carbons (Fsp3) is 0.346. The fourth-order valence-corrected chi connectivity index (χ4v) is 6.53. The number of rotatable bonds is 6. The van der Waals surface area contributed by atoms with Crippen LogP contribution in [0.5, 0.6) is 0 Å². The number of nitrogens with zero attached hydrogens (tertiary/aromatic N) is 4. The Morgan fingerprint density at radius 3 is 2.24 bits per heavy atom. The second kappa shape index (κ2) is 10.1. The minimum Gasteiger partial charge on any atom is -0.296 e. The molecule has 0 spiro atoms. The van der Waals surface area contributed by atoms with Crippen LogP contribution in [0.1, 0.15) is 19.4 Å². The van der Waals surface area contributed by atoms with Crippen LogP contribution < -0.4 is 5.43 Å². The number of imide groups is 1. The lowest BCUT2D eigenvalue weighted by Crippen LogP contribution is -2.48. The summed E-state index contributed by atoms with van der Waals surface area (Å²) in [6.45, 7) is 6.01. The third kappa shape index (κ3) is 5.00. The van der Waals surface area contributed by atoms with Crippen LogP contribution in [0.3, 0.4) is 0 Å². The molecular formula is C26H28BrN5O4S. The number of benzene rings is 2. The maximum absolute atomic E-state index is 13.0. The Balaban J connectivity index is 1.36. The zero-order chi connectivity index (χ0) is 26.3. The maximum atomic E-state index is 13.0. The molecule has 2 aromatic carbocycles. The first kappa shape index (κ1) is 25.8. The van der Waals surface area contributed by atoms with E-state index in [2.05, 4.69) is 31.2 Å². The summed E-state index contributed by atoms with van der Waals surface area (Å²) < 4.78 is 28.4. The summed E-state index contributed by atoms with van der Waals surface area (Å²) in [7, 11) is -3.53. The summed E-state index contributed by atoms with van der Waals surface area (Å²) in [5.74, 6) is -0.916. The van der Waals surface area contributed by atoms with Crippen molar-refractivity contribution in [3.63, 3.8) is 0 Å². The van der Waals surface area contributed by atoms with Crippen LogP contribution in [0.15, 0.2) is 64.0 Å². The molecule has 2 fully saturated rings. The smallest absolute Gasteiger partial charge is 0.251 e. The van der Waals surface area contributed by atoms with Crippen LogP contribution in [0.2, 0.25) is 0 Å². The van der Waals surface area contributed by atoms with Gasteiger partial charge in [0.25, 0.3) is 11.8 Å². The average Bonchev–Trinajstić information content (AvgIpc) is 3.07. The van der Waals surface area contributed by atoms with Crippen LogP contribution in [0, 0.1) is 11.8 Å². The molecule has 2 amide bonds. The number of fused-ring (bicyclic) bond motifs is 1. The van der Waals surface area contributed by atoms with Gasteiger partial charge in [-0.25, -0.2) is 13.4 Å². The highest BCUT2D eigenvalue weighted by atomic mass is 79.9. The largest absolute Gasteiger partial charge is 0.296 e. The van der Waals surface area contributed by atoms with Gasteiger partial charge in [-0.05, 0) is 35.9 Å². The zero-order valence-electron chi connectivity index (χ0n) is 20.6. The second-order valence-corrected chi connectivity index (χ2v) is 12.4. The van der Waals surface area contributed by atoms with E-state index in [1.54, 1.807) is 44.2 Å². The van der Waals surface area contributed by atoms with Crippen molar-refractivity contribution in [2.24, 2.45) is 11.8 Å². The molecule has 1 aromatic heterocycles. The van der Waals surface area contributed by atoms with Crippen LogP contribution in [0.25, 0.3) is 10.9 Å². The van der Waals surface area contributed by atoms with E-state index in [4.69, 9.17) is 0 Å². The Bertz CT molecular complexity index is 1440. The monoisotopic (exact) mass is 585 g/mol. The van der Waals surface area contributed by atoms with E-state index in [1.165, 1.54) is 4.31 Å². The van der Waals surface area contributed by atoms with Crippen molar-refractivity contribution in [3.8, 4) is 0 Å². The highest BCUT2D eigenvalue weighted by molar-refractivity contribution is 9.10. The molecule has 3 heterocycles. The van der Waals surface area contributed by atoms with E-state index in [0.29, 0.717) is 43.4 Å². The summed E-state index contributed by atoms with van der Waals surface area (Å²) in [6, 6.07) is 16.2. The number of sulfonamides is 1. The first-order valence-electron chi connectivity index (χ1n) is 12.2. The van der Waals surface area contributed by atoms with Crippen LogP contribution in [0.4, 0.5) is 5.82 Å². The molecule has 2 aliphatic heterocycles. The number of pyridine rings is 1. The van der Waals surface area contributed by atoms with Crippen molar-refractivity contribution in [3.05, 3.63) is 64.6 Å². The topological polar surface area (TPSA) is 103 Å². The molecule has 1 N–H and O–H groups in total. The molecule has 0 aliphatic carbocycles. The predicted octanol–water partition coefficient (Wildman–Crippen LogP) is 3.47. The lowest BCUT2D eigenvalue weighted by Gasteiger charge is -2.34. The Hall–Kier alpha value is -2.86. The maximum Gasteiger partial charge on any atom is 0.251 e. The van der Waals surface area contributed by atoms with Crippen molar-refractivity contribution in [2.45, 2.75) is 25.3 Å². The number of piperazine rings is 1. The number of carbonyl (C=O) groups excluding carboxylic acids is 2. The van der Waals surface area contributed by atoms with Gasteiger partial charge in [0.15, 0.2) is 0 Å². The average molecular weight is 587 g/mol. The molecule has 3 aromatic rings. The molecule has 0 radical (unpaired) electrons. The Labute approximate surface area is 224 Å². The van der Waals surface area contributed by atoms with Gasteiger partial charge in [0.1, 0.15) is 5.82 Å². The van der Waals surface area contributed by atoms with Crippen molar-refractivity contribution in [2.75, 3.05) is 31.6 Å². The Morgan fingerprint density at radius 1 is 0.946 bits per heavy atom. The Kier molecular flexibility index (Phi) is 7.06. The van der Waals surface area contributed by atoms with E-state index >= 15 is 0 Å². The fourth-order valence-electron chi connectivity index (χ4n) is 4.74. The number of hydrogen-bond acceptors (Lipinski definition) is 7. The molecule has 194 valence electrons. The van der Waals surface area contributed by atoms with E-state index in [-0.39, 0.29) is 11.8 Å². The molecule has 2 unspecified atom stereocenters. The van der Waals surface area contributed by atoms with Crippen LogP contribution in [-0.4, -0.2) is 65.6 Å². The standard InChI is InChI=1S/C26H28BrN5O4S/c1-17-18(2)26(34)32(25(17)33)29-24-14-19(22-9-8-20(27)15-23(22)28-24)16-30-10-12-31(13-11-30)37(35,36)21-6-4-3-5-7-21/h3-9,14-15,17-18H,10-13,16H2,1-2H3,(H,28,29). The van der Waals surface area contributed by atoms with Crippen LogP contribution in [-0.2, 0) is 26.2 Å². The number of aromatic nitrogens is 1. The normalized spacial score (nSPS) is 21.6. The molecule has 0 saturated carbocycles. The number of amides is 2. The minimum absolute atomic E-state index is 0.272. The third-order valence-electron chi connectivity index (χ3n) is 7.16. The van der Waals surface area contributed by atoms with Crippen molar-refractivity contribution in [1.82, 2.24) is 19.2 Å². The first-order valence-corrected chi connectivity index (χ1v) is 14.4. The van der Waals surface area contributed by atoms with E-state index in [9.17, 15) is 18.0 Å². The lowest BCUT2D eigenvalue weighted by molar-refractivity contribution is -0.138. The highest BCUT2D eigenvalue weighted by Gasteiger charge is 2.43. The van der Waals surface area contributed by atoms with Gasteiger partial charge in [-0.15, -0.1) is 0 Å². The summed E-state index contributed by atoms with van der Waals surface area (Å²) in [6.07, 6.45) is 0. The molecular weight excluding hydrogens is 558 g/mol. The summed E-state index contributed by atoms with van der Waals surface area (Å²) in [4.78, 5) is 32.4. The molecule has 9 nitrogen and oxygen atoms in total. The highest BCUT2D eigenvalue weighted by Crippen LogP contribution is 2.29. The zero-order valence-corrected chi connectivity index (χ0v) is 23.0. The molecule has 0 bridgehead atoms. The van der Waals surface area contributed by atoms with Gasteiger partial charge < -0.3 is 0 Å². The summed E-state index contributed by atoms with van der Waals surface area (Å²) >= 11 is 3.50. The molecule has 37 heavy (non-hydrogen) atoms.